The zero-order valence-corrected chi connectivity index (χ0v) is 13.2. The summed E-state index contributed by atoms with van der Waals surface area (Å²) in [6, 6.07) is 2.17. The first kappa shape index (κ1) is 16.9. The molecule has 1 N–H and O–H groups in total. The van der Waals surface area contributed by atoms with E-state index in [4.69, 9.17) is 0 Å². The molecule has 0 spiro atoms. The van der Waals surface area contributed by atoms with Crippen LogP contribution in [0.3, 0.4) is 0 Å². The van der Waals surface area contributed by atoms with Gasteiger partial charge in [0.25, 0.3) is 5.91 Å². The predicted octanol–water partition coefficient (Wildman–Crippen LogP) is 1.59. The van der Waals surface area contributed by atoms with Gasteiger partial charge in [0.1, 0.15) is 0 Å². The number of hydrogen-bond donors (Lipinski definition) is 1. The van der Waals surface area contributed by atoms with E-state index in [0.717, 1.165) is 49.3 Å². The largest absolute Gasteiger partial charge is 0.334 e. The highest BCUT2D eigenvalue weighted by Gasteiger charge is 2.30. The van der Waals surface area contributed by atoms with Crippen molar-refractivity contribution in [1.29, 1.82) is 0 Å². The molecule has 1 amide bonds. The minimum atomic E-state index is 0. The van der Waals surface area contributed by atoms with E-state index in [1.807, 2.05) is 31.9 Å². The second-order valence-electron chi connectivity index (χ2n) is 5.05. The van der Waals surface area contributed by atoms with Crippen LogP contribution in [0, 0.1) is 6.92 Å². The third-order valence-electron chi connectivity index (χ3n) is 3.64. The normalized spacial score (nSPS) is 17.9. The molecule has 2 heterocycles. The van der Waals surface area contributed by atoms with Gasteiger partial charge >= 0.3 is 0 Å². The Morgan fingerprint density at radius 1 is 1.50 bits per heavy atom. The van der Waals surface area contributed by atoms with Crippen LogP contribution >= 0.6 is 12.4 Å². The number of halogens is 1. The van der Waals surface area contributed by atoms with Gasteiger partial charge in [-0.15, -0.1) is 12.4 Å². The van der Waals surface area contributed by atoms with E-state index in [-0.39, 0.29) is 18.3 Å². The lowest BCUT2D eigenvalue weighted by Gasteiger charge is -2.25. The molecule has 1 unspecified atom stereocenters. The molecule has 5 nitrogen and oxygen atoms in total. The number of rotatable bonds is 4. The molecule has 1 aromatic heterocycles. The average molecular weight is 299 g/mol. The summed E-state index contributed by atoms with van der Waals surface area (Å²) in [7, 11) is 1.93. The summed E-state index contributed by atoms with van der Waals surface area (Å²) in [5, 5.41) is 11.4. The number of nitrogens with zero attached hydrogens (tertiary/aromatic N) is 3. The number of amides is 1. The number of aromatic nitrogens is 2. The molecule has 1 aliphatic rings. The van der Waals surface area contributed by atoms with Crippen molar-refractivity contribution in [1.82, 2.24) is 20.4 Å². The highest BCUT2D eigenvalue weighted by molar-refractivity contribution is 5.95. The van der Waals surface area contributed by atoms with Gasteiger partial charge in [0.15, 0.2) is 0 Å². The Bertz CT molecular complexity index is 466. The minimum absolute atomic E-state index is 0. The quantitative estimate of drug-likeness (QED) is 0.917. The van der Waals surface area contributed by atoms with Gasteiger partial charge in [0.2, 0.25) is 0 Å². The number of likely N-dealkylation sites (tertiary alicyclic amines) is 1. The molecule has 6 heteroatoms. The second-order valence-corrected chi connectivity index (χ2v) is 5.05. The standard InChI is InChI=1S/C14H22N4O.ClH/c1-4-13-12(8-10(2)16-17-13)14(19)18-7-5-6-11(18)9-15-3;/h8,11,15H,4-7,9H2,1-3H3;1H. The first-order valence-electron chi connectivity index (χ1n) is 6.96. The highest BCUT2D eigenvalue weighted by atomic mass is 35.5. The van der Waals surface area contributed by atoms with Crippen LogP contribution < -0.4 is 5.32 Å². The van der Waals surface area contributed by atoms with E-state index in [1.54, 1.807) is 0 Å². The van der Waals surface area contributed by atoms with Crippen molar-refractivity contribution >= 4 is 18.3 Å². The molecule has 1 atom stereocenters. The minimum Gasteiger partial charge on any atom is -0.334 e. The van der Waals surface area contributed by atoms with E-state index in [9.17, 15) is 4.79 Å². The summed E-state index contributed by atoms with van der Waals surface area (Å²) in [5.74, 6) is 0.104. The van der Waals surface area contributed by atoms with Gasteiger partial charge in [-0.2, -0.15) is 10.2 Å². The number of hydrogen-bond acceptors (Lipinski definition) is 4. The van der Waals surface area contributed by atoms with Crippen molar-refractivity contribution in [3.8, 4) is 0 Å². The third kappa shape index (κ3) is 3.46. The van der Waals surface area contributed by atoms with Crippen molar-refractivity contribution in [3.63, 3.8) is 0 Å². The molecular weight excluding hydrogens is 276 g/mol. The summed E-state index contributed by atoms with van der Waals surface area (Å²) < 4.78 is 0. The lowest BCUT2D eigenvalue weighted by Crippen LogP contribution is -2.41. The Hall–Kier alpha value is -1.20. The van der Waals surface area contributed by atoms with E-state index >= 15 is 0 Å². The Morgan fingerprint density at radius 3 is 2.90 bits per heavy atom. The third-order valence-corrected chi connectivity index (χ3v) is 3.64. The van der Waals surface area contributed by atoms with Gasteiger partial charge in [0.05, 0.1) is 17.0 Å². The molecule has 0 aliphatic carbocycles. The molecule has 1 saturated heterocycles. The highest BCUT2D eigenvalue weighted by Crippen LogP contribution is 2.21. The summed E-state index contributed by atoms with van der Waals surface area (Å²) in [6.07, 6.45) is 2.89. The molecule has 1 fully saturated rings. The van der Waals surface area contributed by atoms with Crippen LogP contribution in [-0.2, 0) is 6.42 Å². The van der Waals surface area contributed by atoms with Crippen LogP contribution in [0.15, 0.2) is 6.07 Å². The molecular formula is C14H23ClN4O. The first-order chi connectivity index (χ1) is 9.17. The molecule has 0 saturated carbocycles. The van der Waals surface area contributed by atoms with E-state index in [0.29, 0.717) is 6.04 Å². The van der Waals surface area contributed by atoms with Crippen LogP contribution in [0.25, 0.3) is 0 Å². The SMILES string of the molecule is CCc1nnc(C)cc1C(=O)N1CCCC1CNC.Cl. The van der Waals surface area contributed by atoms with Crippen molar-refractivity contribution in [2.75, 3.05) is 20.1 Å². The smallest absolute Gasteiger partial charge is 0.256 e. The molecule has 112 valence electrons. The van der Waals surface area contributed by atoms with E-state index in [1.165, 1.54) is 0 Å². The van der Waals surface area contributed by atoms with Gasteiger partial charge in [-0.1, -0.05) is 6.92 Å². The molecule has 0 aromatic carbocycles. The number of nitrogens with one attached hydrogen (secondary N) is 1. The number of likely N-dealkylation sites (N-methyl/N-ethyl adjacent to an activating group) is 1. The lowest BCUT2D eigenvalue weighted by molar-refractivity contribution is 0.0735. The molecule has 1 aliphatic heterocycles. The van der Waals surface area contributed by atoms with Crippen LogP contribution in [0.4, 0.5) is 0 Å². The van der Waals surface area contributed by atoms with E-state index in [2.05, 4.69) is 15.5 Å². The van der Waals surface area contributed by atoms with Crippen molar-refractivity contribution in [3.05, 3.63) is 23.0 Å². The second kappa shape index (κ2) is 7.55. The Balaban J connectivity index is 0.00000200. The Kier molecular flexibility index (Phi) is 6.36. The van der Waals surface area contributed by atoms with Gasteiger partial charge in [-0.05, 0) is 39.3 Å². The summed E-state index contributed by atoms with van der Waals surface area (Å²) >= 11 is 0. The van der Waals surface area contributed by atoms with Gasteiger partial charge in [-0.3, -0.25) is 4.79 Å². The maximum Gasteiger partial charge on any atom is 0.256 e. The molecule has 0 bridgehead atoms. The van der Waals surface area contributed by atoms with Gasteiger partial charge in [-0.25, -0.2) is 0 Å². The number of carbonyl (C=O) groups excluding carboxylic acids is 1. The monoisotopic (exact) mass is 298 g/mol. The van der Waals surface area contributed by atoms with Crippen LogP contribution in [0.5, 0.6) is 0 Å². The molecule has 1 aromatic rings. The van der Waals surface area contributed by atoms with Crippen molar-refractivity contribution < 1.29 is 4.79 Å². The summed E-state index contributed by atoms with van der Waals surface area (Å²) in [4.78, 5) is 14.7. The van der Waals surface area contributed by atoms with E-state index < -0.39 is 0 Å². The molecule has 20 heavy (non-hydrogen) atoms. The van der Waals surface area contributed by atoms with Crippen molar-refractivity contribution in [2.45, 2.75) is 39.2 Å². The Morgan fingerprint density at radius 2 is 2.25 bits per heavy atom. The van der Waals surface area contributed by atoms with Crippen LogP contribution in [-0.4, -0.2) is 47.2 Å². The fraction of sp³-hybridized carbons (Fsp3) is 0.643. The maximum absolute atomic E-state index is 12.7. The topological polar surface area (TPSA) is 58.1 Å². The average Bonchev–Trinajstić information content (AvgIpc) is 2.86. The van der Waals surface area contributed by atoms with Crippen LogP contribution in [0.1, 0.15) is 41.5 Å². The van der Waals surface area contributed by atoms with Crippen LogP contribution in [0.2, 0.25) is 0 Å². The maximum atomic E-state index is 12.7. The van der Waals surface area contributed by atoms with Crippen molar-refractivity contribution in [2.24, 2.45) is 0 Å². The lowest BCUT2D eigenvalue weighted by atomic mass is 10.1. The summed E-state index contributed by atoms with van der Waals surface area (Å²) in [5.41, 5.74) is 2.31. The Labute approximate surface area is 126 Å². The fourth-order valence-electron chi connectivity index (χ4n) is 2.67. The van der Waals surface area contributed by atoms with Gasteiger partial charge < -0.3 is 10.2 Å². The predicted molar refractivity (Wildman–Crippen MR) is 81.4 cm³/mol. The molecule has 0 radical (unpaired) electrons. The fourth-order valence-corrected chi connectivity index (χ4v) is 2.67. The molecule has 2 rings (SSSR count). The number of aryl methyl sites for hydroxylation is 2. The summed E-state index contributed by atoms with van der Waals surface area (Å²) in [6.45, 7) is 5.57. The first-order valence-corrected chi connectivity index (χ1v) is 6.96. The zero-order valence-electron chi connectivity index (χ0n) is 12.3. The number of carbonyl (C=O) groups is 1. The van der Waals surface area contributed by atoms with Gasteiger partial charge in [0, 0.05) is 19.1 Å². The zero-order chi connectivity index (χ0) is 13.8.